The van der Waals surface area contributed by atoms with Gasteiger partial charge in [-0.25, -0.2) is 0 Å². The van der Waals surface area contributed by atoms with Crippen LogP contribution in [0.3, 0.4) is 0 Å². The van der Waals surface area contributed by atoms with E-state index in [-0.39, 0.29) is 11.9 Å². The summed E-state index contributed by atoms with van der Waals surface area (Å²) < 4.78 is 1.78. The molecule has 0 aliphatic carbocycles. The third kappa shape index (κ3) is 2.45. The van der Waals surface area contributed by atoms with E-state index in [1.165, 1.54) is 11.3 Å². The predicted octanol–water partition coefficient (Wildman–Crippen LogP) is 1.95. The first kappa shape index (κ1) is 13.2. The van der Waals surface area contributed by atoms with Crippen molar-refractivity contribution in [3.63, 3.8) is 0 Å². The quantitative estimate of drug-likeness (QED) is 0.848. The molecule has 3 heterocycles. The molecule has 0 saturated carbocycles. The number of carbonyl (C=O) groups excluding carboxylic acids is 1. The fourth-order valence-corrected chi connectivity index (χ4v) is 3.29. The number of hydrogen-bond donors (Lipinski definition) is 0. The number of amides is 1. The fraction of sp³-hybridized carbons (Fsp3) is 0.538. The zero-order valence-corrected chi connectivity index (χ0v) is 12.4. The van der Waals surface area contributed by atoms with E-state index in [0.29, 0.717) is 5.01 Å². The zero-order valence-electron chi connectivity index (χ0n) is 11.6. The molecular formula is C13H17N5OS. The number of rotatable bonds is 2. The van der Waals surface area contributed by atoms with Gasteiger partial charge in [-0.3, -0.25) is 9.48 Å². The summed E-state index contributed by atoms with van der Waals surface area (Å²) in [5.41, 5.74) is 1.10. The maximum atomic E-state index is 12.6. The maximum Gasteiger partial charge on any atom is 0.285 e. The molecule has 1 aliphatic heterocycles. The zero-order chi connectivity index (χ0) is 14.1. The normalized spacial score (nSPS) is 19.3. The molecule has 1 saturated heterocycles. The number of aromatic nitrogens is 4. The molecule has 0 N–H and O–H groups in total. The van der Waals surface area contributed by atoms with Gasteiger partial charge in [0.05, 0.1) is 12.2 Å². The number of aryl methyl sites for hydroxylation is 2. The minimum absolute atomic E-state index is 0.0100. The molecule has 6 nitrogen and oxygen atoms in total. The molecule has 0 bridgehead atoms. The molecule has 2 aromatic rings. The first-order valence-electron chi connectivity index (χ1n) is 6.75. The van der Waals surface area contributed by atoms with Gasteiger partial charge in [-0.05, 0) is 26.2 Å². The van der Waals surface area contributed by atoms with Crippen molar-refractivity contribution in [2.75, 3.05) is 6.54 Å². The molecule has 20 heavy (non-hydrogen) atoms. The van der Waals surface area contributed by atoms with Crippen molar-refractivity contribution in [3.8, 4) is 0 Å². The van der Waals surface area contributed by atoms with Crippen molar-refractivity contribution in [3.05, 3.63) is 28.0 Å². The van der Waals surface area contributed by atoms with Gasteiger partial charge in [0, 0.05) is 25.4 Å². The van der Waals surface area contributed by atoms with E-state index < -0.39 is 0 Å². The molecule has 2 aromatic heterocycles. The number of carbonyl (C=O) groups is 1. The standard InChI is InChI=1S/C13H17N5OS/c1-9-15-16-12(20-9)13(19)18-6-4-3-5-11(18)10-7-14-17(2)8-10/h7-8,11H,3-6H2,1-2H3. The molecule has 3 rings (SSSR count). The van der Waals surface area contributed by atoms with Gasteiger partial charge in [0.1, 0.15) is 5.01 Å². The summed E-state index contributed by atoms with van der Waals surface area (Å²) in [7, 11) is 1.90. The van der Waals surface area contributed by atoms with Crippen LogP contribution in [0.2, 0.25) is 0 Å². The Bertz CT molecular complexity index is 620. The Morgan fingerprint density at radius 1 is 1.40 bits per heavy atom. The first-order chi connectivity index (χ1) is 9.65. The monoisotopic (exact) mass is 291 g/mol. The molecule has 1 amide bonds. The van der Waals surface area contributed by atoms with Crippen molar-refractivity contribution >= 4 is 17.2 Å². The first-order valence-corrected chi connectivity index (χ1v) is 7.56. The summed E-state index contributed by atoms with van der Waals surface area (Å²) in [6.45, 7) is 2.64. The van der Waals surface area contributed by atoms with E-state index in [1.54, 1.807) is 4.68 Å². The minimum atomic E-state index is -0.0100. The Hall–Kier alpha value is -1.76. The van der Waals surface area contributed by atoms with Gasteiger partial charge in [-0.15, -0.1) is 10.2 Å². The van der Waals surface area contributed by atoms with Crippen LogP contribution < -0.4 is 0 Å². The smallest absolute Gasteiger partial charge is 0.285 e. The molecular weight excluding hydrogens is 274 g/mol. The van der Waals surface area contributed by atoms with E-state index in [1.807, 2.05) is 31.3 Å². The largest absolute Gasteiger partial charge is 0.329 e. The molecule has 0 aromatic carbocycles. The van der Waals surface area contributed by atoms with Gasteiger partial charge >= 0.3 is 0 Å². The van der Waals surface area contributed by atoms with Gasteiger partial charge in [0.2, 0.25) is 5.01 Å². The highest BCUT2D eigenvalue weighted by Gasteiger charge is 2.31. The second-order valence-corrected chi connectivity index (χ2v) is 6.27. The number of piperidine rings is 1. The minimum Gasteiger partial charge on any atom is -0.329 e. The summed E-state index contributed by atoms with van der Waals surface area (Å²) in [6.07, 6.45) is 7.00. The van der Waals surface area contributed by atoms with Crippen LogP contribution in [0.5, 0.6) is 0 Å². The van der Waals surface area contributed by atoms with Crippen LogP contribution >= 0.6 is 11.3 Å². The van der Waals surface area contributed by atoms with Gasteiger partial charge in [0.15, 0.2) is 0 Å². The average Bonchev–Trinajstić information content (AvgIpc) is 3.07. The predicted molar refractivity (Wildman–Crippen MR) is 75.5 cm³/mol. The van der Waals surface area contributed by atoms with Crippen molar-refractivity contribution in [2.24, 2.45) is 7.05 Å². The van der Waals surface area contributed by atoms with Crippen molar-refractivity contribution < 1.29 is 4.79 Å². The van der Waals surface area contributed by atoms with Gasteiger partial charge in [0.25, 0.3) is 5.91 Å². The molecule has 1 atom stereocenters. The molecule has 7 heteroatoms. The van der Waals surface area contributed by atoms with E-state index in [0.717, 1.165) is 36.4 Å². The van der Waals surface area contributed by atoms with Crippen LogP contribution in [0, 0.1) is 6.92 Å². The van der Waals surface area contributed by atoms with Crippen molar-refractivity contribution in [1.82, 2.24) is 24.9 Å². The average molecular weight is 291 g/mol. The summed E-state index contributed by atoms with van der Waals surface area (Å²) in [5, 5.41) is 13.4. The van der Waals surface area contributed by atoms with Crippen LogP contribution in [-0.4, -0.2) is 37.3 Å². The van der Waals surface area contributed by atoms with E-state index in [4.69, 9.17) is 0 Å². The molecule has 0 radical (unpaired) electrons. The Labute approximate surface area is 121 Å². The number of hydrogen-bond acceptors (Lipinski definition) is 5. The molecule has 106 valence electrons. The van der Waals surface area contributed by atoms with Crippen LogP contribution in [0.25, 0.3) is 0 Å². The highest BCUT2D eigenvalue weighted by molar-refractivity contribution is 7.13. The second-order valence-electron chi connectivity index (χ2n) is 5.08. The Balaban J connectivity index is 1.87. The van der Waals surface area contributed by atoms with Gasteiger partial charge < -0.3 is 4.90 Å². The number of likely N-dealkylation sites (tertiary alicyclic amines) is 1. The molecule has 1 aliphatic rings. The van der Waals surface area contributed by atoms with Crippen molar-refractivity contribution in [2.45, 2.75) is 32.2 Å². The third-order valence-corrected chi connectivity index (χ3v) is 4.41. The summed E-state index contributed by atoms with van der Waals surface area (Å²) in [6, 6.07) is 0.106. The second kappa shape index (κ2) is 5.32. The van der Waals surface area contributed by atoms with E-state index in [9.17, 15) is 4.79 Å². The Morgan fingerprint density at radius 3 is 2.90 bits per heavy atom. The molecule has 1 fully saturated rings. The highest BCUT2D eigenvalue weighted by atomic mass is 32.1. The summed E-state index contributed by atoms with van der Waals surface area (Å²) in [4.78, 5) is 14.5. The van der Waals surface area contributed by atoms with Crippen LogP contribution in [-0.2, 0) is 7.05 Å². The summed E-state index contributed by atoms with van der Waals surface area (Å²) >= 11 is 1.36. The van der Waals surface area contributed by atoms with E-state index >= 15 is 0 Å². The van der Waals surface area contributed by atoms with Crippen LogP contribution in [0.1, 0.15) is 45.7 Å². The lowest BCUT2D eigenvalue weighted by molar-refractivity contribution is 0.0610. The van der Waals surface area contributed by atoms with E-state index in [2.05, 4.69) is 15.3 Å². The maximum absolute atomic E-state index is 12.6. The lowest BCUT2D eigenvalue weighted by Gasteiger charge is -2.34. The van der Waals surface area contributed by atoms with Crippen LogP contribution in [0.4, 0.5) is 0 Å². The van der Waals surface area contributed by atoms with Crippen molar-refractivity contribution in [1.29, 1.82) is 0 Å². The lowest BCUT2D eigenvalue weighted by atomic mass is 9.97. The highest BCUT2D eigenvalue weighted by Crippen LogP contribution is 2.32. The number of nitrogens with zero attached hydrogens (tertiary/aromatic N) is 5. The topological polar surface area (TPSA) is 63.9 Å². The molecule has 0 spiro atoms. The third-order valence-electron chi connectivity index (χ3n) is 3.58. The summed E-state index contributed by atoms with van der Waals surface area (Å²) in [5.74, 6) is -0.0100. The lowest BCUT2D eigenvalue weighted by Crippen LogP contribution is -2.38. The van der Waals surface area contributed by atoms with Gasteiger partial charge in [-0.2, -0.15) is 5.10 Å². The van der Waals surface area contributed by atoms with Crippen LogP contribution in [0.15, 0.2) is 12.4 Å². The van der Waals surface area contributed by atoms with Gasteiger partial charge in [-0.1, -0.05) is 11.3 Å². The molecule has 1 unspecified atom stereocenters. The fourth-order valence-electron chi connectivity index (χ4n) is 2.64. The SMILES string of the molecule is Cc1nnc(C(=O)N2CCCCC2c2cnn(C)c2)s1. The Morgan fingerprint density at radius 2 is 2.25 bits per heavy atom. The Kier molecular flexibility index (Phi) is 3.52.